The van der Waals surface area contributed by atoms with Crippen molar-refractivity contribution in [3.05, 3.63) is 17.5 Å². The molecule has 2 aliphatic heterocycles. The molecular weight excluding hydrogens is 441 g/mol. The smallest absolute Gasteiger partial charge is 0.300 e. The number of sulfone groups is 1. The summed E-state index contributed by atoms with van der Waals surface area (Å²) in [6.45, 7) is 2.90. The summed E-state index contributed by atoms with van der Waals surface area (Å²) in [6, 6.07) is -0.106. The van der Waals surface area contributed by atoms with Crippen LogP contribution in [0.5, 0.6) is 0 Å². The molecule has 0 aromatic carbocycles. The second-order valence-electron chi connectivity index (χ2n) is 10.0. The number of fused-ring (bicyclic) bond motifs is 1. The third-order valence-electron chi connectivity index (χ3n) is 7.99. The largest absolute Gasteiger partial charge is 0.435 e. The molecule has 5 nitrogen and oxygen atoms in total. The first-order chi connectivity index (χ1) is 14.4. The van der Waals surface area contributed by atoms with Crippen molar-refractivity contribution < 1.29 is 30.4 Å². The Bertz CT molecular complexity index is 942. The van der Waals surface area contributed by atoms with Crippen LogP contribution in [0, 0.1) is 17.3 Å². The molecule has 0 bridgehead atoms. The average molecular weight is 468 g/mol. The summed E-state index contributed by atoms with van der Waals surface area (Å²) in [7, 11) is -2.85. The van der Waals surface area contributed by atoms with Crippen molar-refractivity contribution in [2.24, 2.45) is 17.3 Å². The first-order valence-corrected chi connectivity index (χ1v) is 12.6. The van der Waals surface area contributed by atoms with Crippen LogP contribution in [0.25, 0.3) is 0 Å². The summed E-state index contributed by atoms with van der Waals surface area (Å²) >= 11 is 0. The predicted octanol–water partition coefficient (Wildman–Crippen LogP) is 3.73. The molecule has 1 spiro atoms. The molecule has 5 rings (SSSR count). The average Bonchev–Trinajstić information content (AvgIpc) is 3.02. The van der Waals surface area contributed by atoms with Crippen molar-refractivity contribution >= 4 is 9.84 Å². The number of aromatic nitrogens is 2. The number of halogens is 5. The van der Waals surface area contributed by atoms with Crippen LogP contribution in [0.2, 0.25) is 0 Å². The maximum Gasteiger partial charge on any atom is 0.435 e. The molecule has 1 aromatic heterocycles. The molecule has 0 amide bonds. The summed E-state index contributed by atoms with van der Waals surface area (Å²) < 4.78 is 90.0. The fourth-order valence-corrected chi connectivity index (χ4v) is 8.68. The van der Waals surface area contributed by atoms with Crippen LogP contribution in [0.3, 0.4) is 0 Å². The quantitative estimate of drug-likeness (QED) is 0.634. The van der Waals surface area contributed by atoms with Gasteiger partial charge in [0.1, 0.15) is 6.04 Å². The minimum Gasteiger partial charge on any atom is -0.300 e. The first-order valence-electron chi connectivity index (χ1n) is 10.8. The Morgan fingerprint density at radius 1 is 1.13 bits per heavy atom. The summed E-state index contributed by atoms with van der Waals surface area (Å²) in [5, 5.41) is 3.50. The van der Waals surface area contributed by atoms with E-state index in [1.165, 1.54) is 6.92 Å². The molecule has 1 aromatic rings. The Hall–Kier alpha value is -1.23. The van der Waals surface area contributed by atoms with Crippen LogP contribution in [0.4, 0.5) is 22.0 Å². The molecule has 0 N–H and O–H groups in total. The third kappa shape index (κ3) is 3.69. The van der Waals surface area contributed by atoms with Crippen molar-refractivity contribution in [2.75, 3.05) is 24.6 Å². The number of alkyl halides is 5. The molecule has 0 radical (unpaired) electrons. The SMILES string of the molecule is C[C@@H](C(F)F)n1nc(C(F)(F)F)cc1C1[C@H]2CC(N3CCC4(CC3)CS(=O)(=O)C4)C[C@@H]12. The van der Waals surface area contributed by atoms with Gasteiger partial charge in [-0.25, -0.2) is 17.2 Å². The van der Waals surface area contributed by atoms with Gasteiger partial charge in [0.15, 0.2) is 15.5 Å². The van der Waals surface area contributed by atoms with Crippen LogP contribution < -0.4 is 0 Å². The van der Waals surface area contributed by atoms with Crippen molar-refractivity contribution in [1.29, 1.82) is 0 Å². The van der Waals surface area contributed by atoms with Crippen molar-refractivity contribution in [3.8, 4) is 0 Å². The lowest BCUT2D eigenvalue weighted by Crippen LogP contribution is -2.55. The van der Waals surface area contributed by atoms with E-state index in [2.05, 4.69) is 10.00 Å². The molecule has 11 heteroatoms. The summed E-state index contributed by atoms with van der Waals surface area (Å²) in [5.74, 6) is 0.839. The number of piperidine rings is 1. The zero-order valence-corrected chi connectivity index (χ0v) is 18.0. The van der Waals surface area contributed by atoms with Crippen LogP contribution in [-0.2, 0) is 16.0 Å². The minimum absolute atomic E-state index is 0.0503. The Balaban J connectivity index is 1.24. The maximum atomic E-state index is 13.2. The van der Waals surface area contributed by atoms with E-state index in [1.807, 2.05) is 0 Å². The number of likely N-dealkylation sites (tertiary alicyclic amines) is 1. The number of hydrogen-bond acceptors (Lipinski definition) is 4. The predicted molar refractivity (Wildman–Crippen MR) is 103 cm³/mol. The van der Waals surface area contributed by atoms with E-state index in [0.717, 1.165) is 49.5 Å². The highest BCUT2D eigenvalue weighted by Crippen LogP contribution is 2.64. The summed E-state index contributed by atoms with van der Waals surface area (Å²) in [5.41, 5.74) is -0.871. The van der Waals surface area contributed by atoms with Crippen LogP contribution >= 0.6 is 0 Å². The van der Waals surface area contributed by atoms with Gasteiger partial charge in [-0.2, -0.15) is 18.3 Å². The minimum atomic E-state index is -4.66. The van der Waals surface area contributed by atoms with Gasteiger partial charge in [-0.15, -0.1) is 0 Å². The van der Waals surface area contributed by atoms with E-state index in [9.17, 15) is 30.4 Å². The highest BCUT2D eigenvalue weighted by atomic mass is 32.2. The standard InChI is InChI=1S/C20H26F5N3O2S/c1-11(18(21)22)28-15(8-16(26-28)20(23,24)25)17-13-6-12(7-14(13)17)27-4-2-19(3-5-27)9-31(29,30)10-19/h8,11-14,17-18H,2-7,9-10H2,1H3/t11-,12?,13-,14+,17?/m0/s1. The molecule has 4 aliphatic rings. The van der Waals surface area contributed by atoms with Gasteiger partial charge < -0.3 is 4.90 Å². The summed E-state index contributed by atoms with van der Waals surface area (Å²) in [4.78, 5) is 2.39. The lowest BCUT2D eigenvalue weighted by Gasteiger charge is -2.48. The molecule has 4 fully saturated rings. The molecule has 174 valence electrons. The van der Waals surface area contributed by atoms with Crippen molar-refractivity contribution in [3.63, 3.8) is 0 Å². The maximum absolute atomic E-state index is 13.2. The Labute approximate surface area is 177 Å². The van der Waals surface area contributed by atoms with Crippen molar-refractivity contribution in [2.45, 2.75) is 63.2 Å². The molecule has 3 heterocycles. The fourth-order valence-electron chi connectivity index (χ4n) is 6.32. The molecule has 2 unspecified atom stereocenters. The van der Waals surface area contributed by atoms with Crippen LogP contribution in [-0.4, -0.2) is 60.2 Å². The highest BCUT2D eigenvalue weighted by molar-refractivity contribution is 7.92. The van der Waals surface area contributed by atoms with Gasteiger partial charge in [-0.05, 0) is 63.6 Å². The van der Waals surface area contributed by atoms with Gasteiger partial charge in [0.25, 0.3) is 6.43 Å². The fraction of sp³-hybridized carbons (Fsp3) is 0.850. The number of hydrogen-bond donors (Lipinski definition) is 0. The Kier molecular flexibility index (Phi) is 4.80. The molecule has 2 saturated carbocycles. The Morgan fingerprint density at radius 3 is 2.19 bits per heavy atom. The molecule has 5 atom stereocenters. The number of rotatable bonds is 4. The monoisotopic (exact) mass is 467 g/mol. The summed E-state index contributed by atoms with van der Waals surface area (Å²) in [6.07, 6.45) is -4.02. The lowest BCUT2D eigenvalue weighted by molar-refractivity contribution is -0.141. The van der Waals surface area contributed by atoms with E-state index >= 15 is 0 Å². The third-order valence-corrected chi connectivity index (χ3v) is 10.1. The normalized spacial score (nSPS) is 35.2. The second-order valence-corrected chi connectivity index (χ2v) is 12.1. The van der Waals surface area contributed by atoms with Gasteiger partial charge >= 0.3 is 6.18 Å². The highest BCUT2D eigenvalue weighted by Gasteiger charge is 2.60. The molecule has 31 heavy (non-hydrogen) atoms. The second kappa shape index (κ2) is 6.88. The van der Waals surface area contributed by atoms with E-state index in [4.69, 9.17) is 0 Å². The van der Waals surface area contributed by atoms with Gasteiger partial charge in [-0.3, -0.25) is 4.68 Å². The van der Waals surface area contributed by atoms with Crippen molar-refractivity contribution in [1.82, 2.24) is 14.7 Å². The van der Waals surface area contributed by atoms with Crippen LogP contribution in [0.1, 0.15) is 56.0 Å². The zero-order valence-electron chi connectivity index (χ0n) is 17.2. The van der Waals surface area contributed by atoms with E-state index in [0.29, 0.717) is 17.5 Å². The van der Waals surface area contributed by atoms with E-state index in [1.54, 1.807) is 0 Å². The molecule has 2 aliphatic carbocycles. The van der Waals surface area contributed by atoms with E-state index in [-0.39, 0.29) is 28.9 Å². The first kappa shape index (κ1) is 21.6. The van der Waals surface area contributed by atoms with Crippen LogP contribution in [0.15, 0.2) is 6.07 Å². The topological polar surface area (TPSA) is 55.2 Å². The Morgan fingerprint density at radius 2 is 1.71 bits per heavy atom. The zero-order chi connectivity index (χ0) is 22.3. The lowest BCUT2D eigenvalue weighted by atomic mass is 9.80. The number of nitrogens with zero attached hydrogens (tertiary/aromatic N) is 3. The molecule has 2 saturated heterocycles. The van der Waals surface area contributed by atoms with Gasteiger partial charge in [-0.1, -0.05) is 0 Å². The van der Waals surface area contributed by atoms with Gasteiger partial charge in [0.2, 0.25) is 0 Å². The molecular formula is C20H26F5N3O2S. The van der Waals surface area contributed by atoms with Gasteiger partial charge in [0, 0.05) is 23.1 Å². The van der Waals surface area contributed by atoms with Gasteiger partial charge in [0.05, 0.1) is 11.5 Å². The van der Waals surface area contributed by atoms with E-state index < -0.39 is 34.2 Å².